The van der Waals surface area contributed by atoms with E-state index < -0.39 is 0 Å². The fourth-order valence-corrected chi connectivity index (χ4v) is 3.30. The molecule has 0 bridgehead atoms. The molecule has 94 valence electrons. The van der Waals surface area contributed by atoms with Crippen molar-refractivity contribution in [3.63, 3.8) is 0 Å². The fourth-order valence-electron chi connectivity index (χ4n) is 3.30. The van der Waals surface area contributed by atoms with Crippen LogP contribution in [0.4, 0.5) is 0 Å². The van der Waals surface area contributed by atoms with E-state index in [-0.39, 0.29) is 22.7 Å². The molecule has 0 spiro atoms. The number of fused-ring (bicyclic) bond motifs is 5. The van der Waals surface area contributed by atoms with E-state index >= 15 is 0 Å². The third kappa shape index (κ3) is 1.22. The van der Waals surface area contributed by atoms with Gasteiger partial charge in [-0.1, -0.05) is 31.2 Å². The molecule has 4 rings (SSSR count). The smallest absolute Gasteiger partial charge is 0.230 e. The number of para-hydroxylation sites is 1. The van der Waals surface area contributed by atoms with E-state index in [2.05, 4.69) is 6.08 Å². The van der Waals surface area contributed by atoms with Crippen molar-refractivity contribution in [3.8, 4) is 5.75 Å². The lowest BCUT2D eigenvalue weighted by molar-refractivity contribution is 0.294. The Bertz CT molecular complexity index is 791. The Balaban J connectivity index is 1.95. The van der Waals surface area contributed by atoms with Gasteiger partial charge in [0.05, 0.1) is 6.61 Å². The second-order valence-electron chi connectivity index (χ2n) is 5.26. The molecule has 19 heavy (non-hydrogen) atoms. The number of rotatable bonds is 0. The molecule has 0 N–H and O–H groups in total. The second-order valence-corrected chi connectivity index (χ2v) is 5.26. The fraction of sp³-hybridized carbons (Fsp3) is 0.250. The van der Waals surface area contributed by atoms with Crippen LogP contribution in [0, 0.1) is 0 Å². The summed E-state index contributed by atoms with van der Waals surface area (Å²) in [6, 6.07) is 7.85. The largest absolute Gasteiger partial charge is 0.492 e. The van der Waals surface area contributed by atoms with Crippen molar-refractivity contribution in [2.75, 3.05) is 6.61 Å². The van der Waals surface area contributed by atoms with Gasteiger partial charge in [-0.05, 0) is 11.6 Å². The molecule has 2 aromatic carbocycles. The zero-order valence-electron chi connectivity index (χ0n) is 10.5. The average molecular weight is 252 g/mol. The van der Waals surface area contributed by atoms with Crippen molar-refractivity contribution in [3.05, 3.63) is 67.5 Å². The van der Waals surface area contributed by atoms with Crippen LogP contribution in [-0.2, 0) is 0 Å². The van der Waals surface area contributed by atoms with Gasteiger partial charge in [-0.3, -0.25) is 9.59 Å². The van der Waals surface area contributed by atoms with Gasteiger partial charge in [0.25, 0.3) is 0 Å². The molecular formula is C16H12O3. The van der Waals surface area contributed by atoms with Crippen LogP contribution in [0.15, 0.2) is 39.9 Å². The van der Waals surface area contributed by atoms with Gasteiger partial charge in [-0.15, -0.1) is 0 Å². The third-order valence-corrected chi connectivity index (χ3v) is 4.20. The molecule has 0 radical (unpaired) electrons. The Morgan fingerprint density at radius 2 is 1.84 bits per heavy atom. The van der Waals surface area contributed by atoms with Crippen LogP contribution in [0.2, 0.25) is 0 Å². The van der Waals surface area contributed by atoms with E-state index in [9.17, 15) is 9.59 Å². The first-order valence-corrected chi connectivity index (χ1v) is 6.45. The minimum absolute atomic E-state index is 0.0256. The van der Waals surface area contributed by atoms with Crippen molar-refractivity contribution < 1.29 is 4.74 Å². The van der Waals surface area contributed by atoms with E-state index in [4.69, 9.17) is 4.74 Å². The zero-order chi connectivity index (χ0) is 13.1. The van der Waals surface area contributed by atoms with Gasteiger partial charge < -0.3 is 4.74 Å². The predicted octanol–water partition coefficient (Wildman–Crippen LogP) is 1.96. The highest BCUT2D eigenvalue weighted by Crippen LogP contribution is 2.46. The standard InChI is InChI=1S/C16H12O3/c1-8-6-10-9-4-2-3-5-12(9)19-7-11(10)14-13(8)15(17)16(14)18/h2-6,8,11H,7H2,1H3/t8-,11+/m0/s1. The van der Waals surface area contributed by atoms with Gasteiger partial charge in [0.15, 0.2) is 0 Å². The Morgan fingerprint density at radius 1 is 1.11 bits per heavy atom. The molecule has 1 aliphatic heterocycles. The summed E-state index contributed by atoms with van der Waals surface area (Å²) in [4.78, 5) is 23.5. The normalized spacial score (nSPS) is 23.9. The van der Waals surface area contributed by atoms with Gasteiger partial charge in [-0.25, -0.2) is 0 Å². The maximum Gasteiger partial charge on any atom is 0.230 e. The molecule has 0 unspecified atom stereocenters. The van der Waals surface area contributed by atoms with Gasteiger partial charge >= 0.3 is 0 Å². The highest BCUT2D eigenvalue weighted by atomic mass is 16.5. The van der Waals surface area contributed by atoms with Crippen molar-refractivity contribution >= 4 is 5.57 Å². The Kier molecular flexibility index (Phi) is 1.94. The van der Waals surface area contributed by atoms with E-state index in [1.54, 1.807) is 0 Å². The van der Waals surface area contributed by atoms with Crippen molar-refractivity contribution in [1.29, 1.82) is 0 Å². The van der Waals surface area contributed by atoms with E-state index in [0.717, 1.165) is 16.9 Å². The highest BCUT2D eigenvalue weighted by Gasteiger charge is 2.39. The average Bonchev–Trinajstić information content (AvgIpc) is 2.45. The predicted molar refractivity (Wildman–Crippen MR) is 72.4 cm³/mol. The highest BCUT2D eigenvalue weighted by molar-refractivity contribution is 5.80. The molecule has 1 heterocycles. The van der Waals surface area contributed by atoms with Gasteiger partial charge in [0, 0.05) is 28.5 Å². The minimum Gasteiger partial charge on any atom is -0.492 e. The van der Waals surface area contributed by atoms with E-state index in [1.807, 2.05) is 31.2 Å². The summed E-state index contributed by atoms with van der Waals surface area (Å²) in [6.45, 7) is 2.42. The summed E-state index contributed by atoms with van der Waals surface area (Å²) < 4.78 is 5.73. The molecule has 2 aliphatic rings. The van der Waals surface area contributed by atoms with Crippen molar-refractivity contribution in [2.45, 2.75) is 18.8 Å². The van der Waals surface area contributed by atoms with Crippen molar-refractivity contribution in [2.24, 2.45) is 0 Å². The molecule has 0 saturated heterocycles. The van der Waals surface area contributed by atoms with Crippen LogP contribution in [0.1, 0.15) is 35.4 Å². The van der Waals surface area contributed by atoms with Gasteiger partial charge in [0.1, 0.15) is 5.75 Å². The number of ether oxygens (including phenoxy) is 1. The molecule has 0 fully saturated rings. The zero-order valence-corrected chi connectivity index (χ0v) is 10.5. The second kappa shape index (κ2) is 3.44. The third-order valence-electron chi connectivity index (χ3n) is 4.20. The molecule has 0 aromatic heterocycles. The summed E-state index contributed by atoms with van der Waals surface area (Å²) in [6.07, 6.45) is 2.11. The number of hydrogen-bond acceptors (Lipinski definition) is 3. The Morgan fingerprint density at radius 3 is 2.68 bits per heavy atom. The van der Waals surface area contributed by atoms with Gasteiger partial charge in [-0.2, -0.15) is 0 Å². The van der Waals surface area contributed by atoms with Crippen LogP contribution < -0.4 is 15.6 Å². The lowest BCUT2D eigenvalue weighted by atomic mass is 9.72. The first-order valence-electron chi connectivity index (χ1n) is 6.45. The van der Waals surface area contributed by atoms with E-state index in [1.165, 1.54) is 0 Å². The summed E-state index contributed by atoms with van der Waals surface area (Å²) in [7, 11) is 0. The van der Waals surface area contributed by atoms with Crippen molar-refractivity contribution in [1.82, 2.24) is 0 Å². The lowest BCUT2D eigenvalue weighted by Gasteiger charge is -2.35. The number of allylic oxidation sites excluding steroid dienone is 1. The monoisotopic (exact) mass is 252 g/mol. The first-order chi connectivity index (χ1) is 9.18. The molecule has 2 atom stereocenters. The molecule has 3 nitrogen and oxygen atoms in total. The maximum absolute atomic E-state index is 11.8. The molecule has 0 saturated carbocycles. The van der Waals surface area contributed by atoms with Gasteiger partial charge in [0.2, 0.25) is 10.9 Å². The summed E-state index contributed by atoms with van der Waals surface area (Å²) in [5.74, 6) is 0.822. The molecule has 3 heteroatoms. The number of benzene rings is 1. The van der Waals surface area contributed by atoms with E-state index in [0.29, 0.717) is 17.7 Å². The van der Waals surface area contributed by atoms with Crippen LogP contribution >= 0.6 is 0 Å². The number of hydrogen-bond donors (Lipinski definition) is 0. The minimum atomic E-state index is -0.319. The van der Waals surface area contributed by atoms with Crippen LogP contribution in [0.3, 0.4) is 0 Å². The molecular weight excluding hydrogens is 240 g/mol. The Hall–Kier alpha value is -2.16. The summed E-state index contributed by atoms with van der Waals surface area (Å²) in [5, 5.41) is 0. The van der Waals surface area contributed by atoms with Crippen LogP contribution in [0.5, 0.6) is 5.75 Å². The lowest BCUT2D eigenvalue weighted by Crippen LogP contribution is -2.45. The molecule has 2 aromatic rings. The quantitative estimate of drug-likeness (QED) is 0.673. The first kappa shape index (κ1) is 10.7. The van der Waals surface area contributed by atoms with Crippen LogP contribution in [0.25, 0.3) is 5.57 Å². The molecule has 1 aliphatic carbocycles. The summed E-state index contributed by atoms with van der Waals surface area (Å²) in [5.41, 5.74) is 2.93. The Labute approximate surface area is 109 Å². The summed E-state index contributed by atoms with van der Waals surface area (Å²) >= 11 is 0. The maximum atomic E-state index is 11.8. The molecule has 0 amide bonds. The topological polar surface area (TPSA) is 43.4 Å². The SMILES string of the molecule is C[C@H]1C=C2c3ccccc3OC[C@H]2c2c1c(=O)c2=O. The van der Waals surface area contributed by atoms with Crippen LogP contribution in [-0.4, -0.2) is 6.61 Å².